The molecular weight excluding hydrogens is 264 g/mol. The predicted molar refractivity (Wildman–Crippen MR) is 86.1 cm³/mol. The average molecular weight is 292 g/mol. The Morgan fingerprint density at radius 2 is 1.95 bits per heavy atom. The molecule has 1 aromatic rings. The van der Waals surface area contributed by atoms with Gasteiger partial charge in [0.2, 0.25) is 5.91 Å². The van der Waals surface area contributed by atoms with Gasteiger partial charge >= 0.3 is 0 Å². The van der Waals surface area contributed by atoms with Gasteiger partial charge in [-0.2, -0.15) is 0 Å². The molecule has 0 aliphatic rings. The Labute approximate surface area is 128 Å². The van der Waals surface area contributed by atoms with E-state index in [9.17, 15) is 4.79 Å². The van der Waals surface area contributed by atoms with E-state index < -0.39 is 6.04 Å². The topological polar surface area (TPSA) is 64.3 Å². The highest BCUT2D eigenvalue weighted by Gasteiger charge is 2.12. The Morgan fingerprint density at radius 3 is 2.62 bits per heavy atom. The van der Waals surface area contributed by atoms with Crippen LogP contribution in [0.5, 0.6) is 0 Å². The number of carbonyl (C=O) groups excluding carboxylic acids is 1. The maximum Gasteiger partial charge on any atom is 0.236 e. The molecule has 4 nitrogen and oxygen atoms in total. The van der Waals surface area contributed by atoms with Gasteiger partial charge in [0.15, 0.2) is 0 Å². The highest BCUT2D eigenvalue weighted by molar-refractivity contribution is 5.81. The van der Waals surface area contributed by atoms with Crippen molar-refractivity contribution in [3.05, 3.63) is 35.9 Å². The third-order valence-electron chi connectivity index (χ3n) is 3.25. The van der Waals surface area contributed by atoms with E-state index in [-0.39, 0.29) is 12.0 Å². The van der Waals surface area contributed by atoms with Crippen LogP contribution < -0.4 is 11.1 Å². The minimum absolute atomic E-state index is 0.0595. The molecule has 1 rings (SSSR count). The van der Waals surface area contributed by atoms with Crippen LogP contribution in [0.25, 0.3) is 0 Å². The van der Waals surface area contributed by atoms with E-state index >= 15 is 0 Å². The van der Waals surface area contributed by atoms with Crippen LogP contribution in [0, 0.1) is 0 Å². The summed E-state index contributed by atoms with van der Waals surface area (Å²) >= 11 is 0. The standard InChI is InChI=1S/C17H28N2O2/c1-14(2)21-13-7-6-12-19-17(20)16(18)11-10-15-8-4-3-5-9-15/h3-5,8-9,14,16H,6-7,10-13,18H2,1-2H3,(H,19,20). The molecule has 0 saturated heterocycles. The highest BCUT2D eigenvalue weighted by Crippen LogP contribution is 2.04. The fourth-order valence-electron chi connectivity index (χ4n) is 1.99. The molecule has 118 valence electrons. The van der Waals surface area contributed by atoms with Crippen LogP contribution >= 0.6 is 0 Å². The van der Waals surface area contributed by atoms with Crippen molar-refractivity contribution in [1.82, 2.24) is 5.32 Å². The first-order valence-corrected chi connectivity index (χ1v) is 7.78. The lowest BCUT2D eigenvalue weighted by molar-refractivity contribution is -0.122. The number of hydrogen-bond donors (Lipinski definition) is 2. The molecule has 0 saturated carbocycles. The number of ether oxygens (including phenoxy) is 1. The third kappa shape index (κ3) is 8.48. The Hall–Kier alpha value is -1.39. The number of amides is 1. The SMILES string of the molecule is CC(C)OCCCCNC(=O)C(N)CCc1ccccc1. The van der Waals surface area contributed by atoms with Crippen molar-refractivity contribution < 1.29 is 9.53 Å². The zero-order chi connectivity index (χ0) is 15.5. The molecule has 1 amide bonds. The molecule has 0 aliphatic carbocycles. The van der Waals surface area contributed by atoms with Crippen LogP contribution in [-0.4, -0.2) is 31.2 Å². The van der Waals surface area contributed by atoms with Crippen molar-refractivity contribution in [3.8, 4) is 0 Å². The van der Waals surface area contributed by atoms with Crippen LogP contribution in [0.1, 0.15) is 38.7 Å². The monoisotopic (exact) mass is 292 g/mol. The number of benzene rings is 1. The van der Waals surface area contributed by atoms with Crippen LogP contribution in [0.2, 0.25) is 0 Å². The van der Waals surface area contributed by atoms with E-state index in [0.717, 1.165) is 25.9 Å². The molecule has 0 bridgehead atoms. The molecule has 0 radical (unpaired) electrons. The number of aryl methyl sites for hydroxylation is 1. The van der Waals surface area contributed by atoms with Crippen molar-refractivity contribution in [3.63, 3.8) is 0 Å². The summed E-state index contributed by atoms with van der Waals surface area (Å²) in [6.45, 7) is 5.45. The van der Waals surface area contributed by atoms with Crippen molar-refractivity contribution in [2.75, 3.05) is 13.2 Å². The molecule has 0 heterocycles. The lowest BCUT2D eigenvalue weighted by Gasteiger charge is -2.12. The zero-order valence-electron chi connectivity index (χ0n) is 13.2. The van der Waals surface area contributed by atoms with E-state index in [0.29, 0.717) is 13.0 Å². The molecule has 3 N–H and O–H groups in total. The van der Waals surface area contributed by atoms with Crippen LogP contribution in [0.4, 0.5) is 0 Å². The number of hydrogen-bond acceptors (Lipinski definition) is 3. The van der Waals surface area contributed by atoms with Gasteiger partial charge in [-0.25, -0.2) is 0 Å². The first-order chi connectivity index (χ1) is 10.1. The van der Waals surface area contributed by atoms with Gasteiger partial charge in [0.1, 0.15) is 0 Å². The molecule has 0 aromatic heterocycles. The molecular formula is C17H28N2O2. The lowest BCUT2D eigenvalue weighted by Crippen LogP contribution is -2.41. The number of nitrogens with two attached hydrogens (primary N) is 1. The van der Waals surface area contributed by atoms with E-state index in [4.69, 9.17) is 10.5 Å². The van der Waals surface area contributed by atoms with Gasteiger partial charge in [-0.1, -0.05) is 30.3 Å². The summed E-state index contributed by atoms with van der Waals surface area (Å²) in [7, 11) is 0. The Bertz CT molecular complexity index is 393. The number of carbonyl (C=O) groups is 1. The van der Waals surface area contributed by atoms with E-state index in [2.05, 4.69) is 17.4 Å². The molecule has 4 heteroatoms. The molecule has 1 atom stereocenters. The van der Waals surface area contributed by atoms with E-state index in [1.807, 2.05) is 32.0 Å². The molecule has 1 aromatic carbocycles. The van der Waals surface area contributed by atoms with Crippen molar-refractivity contribution in [1.29, 1.82) is 0 Å². The van der Waals surface area contributed by atoms with Gasteiger partial charge in [-0.05, 0) is 45.1 Å². The first kappa shape index (κ1) is 17.7. The minimum Gasteiger partial charge on any atom is -0.379 e. The van der Waals surface area contributed by atoms with Gasteiger partial charge in [-0.3, -0.25) is 4.79 Å². The predicted octanol–water partition coefficient (Wildman–Crippen LogP) is 2.27. The van der Waals surface area contributed by atoms with Gasteiger partial charge in [0.25, 0.3) is 0 Å². The third-order valence-corrected chi connectivity index (χ3v) is 3.25. The number of rotatable bonds is 10. The molecule has 0 spiro atoms. The fourth-order valence-corrected chi connectivity index (χ4v) is 1.99. The van der Waals surface area contributed by atoms with Crippen LogP contribution in [0.3, 0.4) is 0 Å². The first-order valence-electron chi connectivity index (χ1n) is 7.78. The second-order valence-electron chi connectivity index (χ2n) is 5.55. The van der Waals surface area contributed by atoms with E-state index in [1.54, 1.807) is 0 Å². The van der Waals surface area contributed by atoms with Gasteiger partial charge in [0.05, 0.1) is 12.1 Å². The van der Waals surface area contributed by atoms with Crippen molar-refractivity contribution in [2.45, 2.75) is 51.7 Å². The summed E-state index contributed by atoms with van der Waals surface area (Å²) in [5.41, 5.74) is 7.12. The highest BCUT2D eigenvalue weighted by atomic mass is 16.5. The van der Waals surface area contributed by atoms with Gasteiger partial charge in [-0.15, -0.1) is 0 Å². The average Bonchev–Trinajstić information content (AvgIpc) is 2.48. The van der Waals surface area contributed by atoms with Crippen LogP contribution in [-0.2, 0) is 16.0 Å². The van der Waals surface area contributed by atoms with Crippen molar-refractivity contribution in [2.24, 2.45) is 5.73 Å². The van der Waals surface area contributed by atoms with Gasteiger partial charge < -0.3 is 15.8 Å². The normalized spacial score (nSPS) is 12.4. The molecule has 1 unspecified atom stereocenters. The summed E-state index contributed by atoms with van der Waals surface area (Å²) in [6, 6.07) is 9.66. The van der Waals surface area contributed by atoms with Crippen LogP contribution in [0.15, 0.2) is 30.3 Å². The van der Waals surface area contributed by atoms with E-state index in [1.165, 1.54) is 5.56 Å². The van der Waals surface area contributed by atoms with Gasteiger partial charge in [0, 0.05) is 13.2 Å². The summed E-state index contributed by atoms with van der Waals surface area (Å²) in [5, 5.41) is 2.89. The summed E-state index contributed by atoms with van der Waals surface area (Å²) in [6.07, 6.45) is 3.65. The zero-order valence-corrected chi connectivity index (χ0v) is 13.2. The Kier molecular flexibility index (Phi) is 8.71. The Morgan fingerprint density at radius 1 is 1.24 bits per heavy atom. The molecule has 0 fully saturated rings. The smallest absolute Gasteiger partial charge is 0.236 e. The minimum atomic E-state index is -0.433. The summed E-state index contributed by atoms with van der Waals surface area (Å²) in [4.78, 5) is 11.8. The maximum absolute atomic E-state index is 11.8. The maximum atomic E-state index is 11.8. The number of unbranched alkanes of at least 4 members (excludes halogenated alkanes) is 1. The summed E-state index contributed by atoms with van der Waals surface area (Å²) in [5.74, 6) is -0.0595. The molecule has 21 heavy (non-hydrogen) atoms. The lowest BCUT2D eigenvalue weighted by atomic mass is 10.1. The number of nitrogens with one attached hydrogen (secondary N) is 1. The second-order valence-corrected chi connectivity index (χ2v) is 5.55. The van der Waals surface area contributed by atoms with Crippen molar-refractivity contribution >= 4 is 5.91 Å². The fraction of sp³-hybridized carbons (Fsp3) is 0.588. The largest absolute Gasteiger partial charge is 0.379 e. The second kappa shape index (κ2) is 10.4. The summed E-state index contributed by atoms with van der Waals surface area (Å²) < 4.78 is 5.45. The Balaban J connectivity index is 2.08. The quantitative estimate of drug-likeness (QED) is 0.650. The molecule has 0 aliphatic heterocycles.